The first kappa shape index (κ1) is 13.6. The number of benzene rings is 2. The van der Waals surface area contributed by atoms with Crippen molar-refractivity contribution in [2.24, 2.45) is 0 Å². The zero-order valence-corrected chi connectivity index (χ0v) is 11.8. The normalized spacial score (nSPS) is 20.1. The number of nitrogens with two attached hydrogens (primary N) is 1. The Balaban J connectivity index is 1.89. The number of hydrogen-bond donors (Lipinski definition) is 3. The van der Waals surface area contributed by atoms with Gasteiger partial charge in [-0.25, -0.2) is 0 Å². The Morgan fingerprint density at radius 3 is 2.76 bits per heavy atom. The fourth-order valence-corrected chi connectivity index (χ4v) is 2.96. The van der Waals surface area contributed by atoms with Crippen LogP contribution in [0.2, 0.25) is 0 Å². The van der Waals surface area contributed by atoms with Crippen LogP contribution in [0, 0.1) is 6.92 Å². The van der Waals surface area contributed by atoms with Crippen LogP contribution in [-0.4, -0.2) is 17.1 Å². The standard InChI is InChI=1S/C17H18N2O2/c1-10-5-4-8-13(18)15(10)17(21)19-16-12-7-3-2-6-11(12)9-14(16)20/h2-8,14,16,20H,9,18H2,1H3,(H,19,21)/t14-,16+/m1/s1. The Morgan fingerprint density at radius 2 is 2.00 bits per heavy atom. The number of aliphatic hydroxyl groups excluding tert-OH is 1. The number of carbonyl (C=O) groups is 1. The molecule has 0 saturated heterocycles. The van der Waals surface area contributed by atoms with Crippen LogP contribution in [0.4, 0.5) is 5.69 Å². The van der Waals surface area contributed by atoms with Gasteiger partial charge in [-0.3, -0.25) is 4.79 Å². The van der Waals surface area contributed by atoms with Gasteiger partial charge in [0.05, 0.1) is 17.7 Å². The molecule has 1 aliphatic rings. The van der Waals surface area contributed by atoms with E-state index in [1.807, 2.05) is 43.3 Å². The van der Waals surface area contributed by atoms with Crippen LogP contribution in [-0.2, 0) is 6.42 Å². The maximum Gasteiger partial charge on any atom is 0.254 e. The summed E-state index contributed by atoms with van der Waals surface area (Å²) < 4.78 is 0. The second-order valence-electron chi connectivity index (χ2n) is 5.46. The van der Waals surface area contributed by atoms with E-state index in [1.165, 1.54) is 0 Å². The molecule has 0 unspecified atom stereocenters. The molecule has 0 saturated carbocycles. The van der Waals surface area contributed by atoms with Gasteiger partial charge in [0.2, 0.25) is 0 Å². The largest absolute Gasteiger partial charge is 0.398 e. The number of fused-ring (bicyclic) bond motifs is 1. The highest BCUT2D eigenvalue weighted by molar-refractivity contribution is 6.00. The monoisotopic (exact) mass is 282 g/mol. The predicted molar refractivity (Wildman–Crippen MR) is 82.0 cm³/mol. The minimum atomic E-state index is -0.600. The Hall–Kier alpha value is -2.33. The highest BCUT2D eigenvalue weighted by atomic mass is 16.3. The van der Waals surface area contributed by atoms with Gasteiger partial charge in [0.15, 0.2) is 0 Å². The fourth-order valence-electron chi connectivity index (χ4n) is 2.96. The maximum absolute atomic E-state index is 12.5. The van der Waals surface area contributed by atoms with Crippen molar-refractivity contribution in [2.75, 3.05) is 5.73 Å². The molecule has 0 radical (unpaired) electrons. The van der Waals surface area contributed by atoms with Gasteiger partial charge in [-0.15, -0.1) is 0 Å². The Morgan fingerprint density at radius 1 is 1.24 bits per heavy atom. The topological polar surface area (TPSA) is 75.4 Å². The minimum Gasteiger partial charge on any atom is -0.398 e. The van der Waals surface area contributed by atoms with Crippen LogP contribution in [0.5, 0.6) is 0 Å². The van der Waals surface area contributed by atoms with Crippen molar-refractivity contribution in [1.82, 2.24) is 5.32 Å². The lowest BCUT2D eigenvalue weighted by Gasteiger charge is -2.19. The van der Waals surface area contributed by atoms with E-state index in [0.717, 1.165) is 16.7 Å². The first-order valence-electron chi connectivity index (χ1n) is 6.99. The molecule has 4 N–H and O–H groups in total. The zero-order chi connectivity index (χ0) is 15.0. The third kappa shape index (κ3) is 2.38. The van der Waals surface area contributed by atoms with Crippen molar-refractivity contribution in [1.29, 1.82) is 0 Å². The summed E-state index contributed by atoms with van der Waals surface area (Å²) in [5, 5.41) is 13.1. The van der Waals surface area contributed by atoms with E-state index in [-0.39, 0.29) is 11.9 Å². The molecular formula is C17H18N2O2. The van der Waals surface area contributed by atoms with Crippen molar-refractivity contribution in [3.05, 3.63) is 64.7 Å². The van der Waals surface area contributed by atoms with E-state index in [4.69, 9.17) is 5.73 Å². The number of rotatable bonds is 2. The highest BCUT2D eigenvalue weighted by Gasteiger charge is 2.32. The van der Waals surface area contributed by atoms with Crippen molar-refractivity contribution >= 4 is 11.6 Å². The van der Waals surface area contributed by atoms with Crippen molar-refractivity contribution < 1.29 is 9.90 Å². The van der Waals surface area contributed by atoms with E-state index in [0.29, 0.717) is 17.7 Å². The van der Waals surface area contributed by atoms with Crippen LogP contribution in [0.25, 0.3) is 0 Å². The summed E-state index contributed by atoms with van der Waals surface area (Å²) in [7, 11) is 0. The molecule has 3 rings (SSSR count). The van der Waals surface area contributed by atoms with Crippen LogP contribution in [0.1, 0.15) is 33.1 Å². The summed E-state index contributed by atoms with van der Waals surface area (Å²) in [4.78, 5) is 12.5. The number of hydrogen-bond acceptors (Lipinski definition) is 3. The molecule has 0 bridgehead atoms. The summed E-state index contributed by atoms with van der Waals surface area (Å²) in [5.41, 5.74) is 9.72. The molecular weight excluding hydrogens is 264 g/mol. The molecule has 4 heteroatoms. The lowest BCUT2D eigenvalue weighted by molar-refractivity contribution is 0.0858. The lowest BCUT2D eigenvalue weighted by atomic mass is 10.0. The van der Waals surface area contributed by atoms with E-state index < -0.39 is 6.10 Å². The van der Waals surface area contributed by atoms with Gasteiger partial charge >= 0.3 is 0 Å². The summed E-state index contributed by atoms with van der Waals surface area (Å²) in [6.45, 7) is 1.85. The van der Waals surface area contributed by atoms with E-state index >= 15 is 0 Å². The average molecular weight is 282 g/mol. The van der Waals surface area contributed by atoms with E-state index in [2.05, 4.69) is 5.32 Å². The van der Waals surface area contributed by atoms with Gasteiger partial charge in [-0.1, -0.05) is 36.4 Å². The van der Waals surface area contributed by atoms with Gasteiger partial charge in [0.1, 0.15) is 0 Å². The molecule has 2 atom stereocenters. The first-order chi connectivity index (χ1) is 10.1. The number of nitrogens with one attached hydrogen (secondary N) is 1. The fraction of sp³-hybridized carbons (Fsp3) is 0.235. The lowest BCUT2D eigenvalue weighted by Crippen LogP contribution is -2.34. The highest BCUT2D eigenvalue weighted by Crippen LogP contribution is 2.31. The molecule has 2 aromatic rings. The first-order valence-corrected chi connectivity index (χ1v) is 6.99. The van der Waals surface area contributed by atoms with Crippen LogP contribution in [0.3, 0.4) is 0 Å². The molecule has 0 aliphatic heterocycles. The molecule has 0 fully saturated rings. The second kappa shape index (κ2) is 5.22. The number of aliphatic hydroxyl groups is 1. The predicted octanol–water partition coefficient (Wildman–Crippen LogP) is 1.97. The van der Waals surface area contributed by atoms with Crippen LogP contribution in [0.15, 0.2) is 42.5 Å². The van der Waals surface area contributed by atoms with Crippen molar-refractivity contribution in [3.8, 4) is 0 Å². The molecule has 1 aliphatic carbocycles. The second-order valence-corrected chi connectivity index (χ2v) is 5.46. The molecule has 21 heavy (non-hydrogen) atoms. The quantitative estimate of drug-likeness (QED) is 0.737. The van der Waals surface area contributed by atoms with Crippen LogP contribution >= 0.6 is 0 Å². The van der Waals surface area contributed by atoms with Gasteiger partial charge in [-0.2, -0.15) is 0 Å². The molecule has 0 spiro atoms. The minimum absolute atomic E-state index is 0.244. The van der Waals surface area contributed by atoms with Gasteiger partial charge in [0, 0.05) is 12.1 Å². The summed E-state index contributed by atoms with van der Waals surface area (Å²) in [5.74, 6) is -0.244. The Kier molecular flexibility index (Phi) is 3.39. The third-order valence-electron chi connectivity index (χ3n) is 4.02. The summed E-state index contributed by atoms with van der Waals surface area (Å²) >= 11 is 0. The number of carbonyl (C=O) groups excluding carboxylic acids is 1. The zero-order valence-electron chi connectivity index (χ0n) is 11.8. The number of amides is 1. The van der Waals surface area contributed by atoms with E-state index in [9.17, 15) is 9.90 Å². The van der Waals surface area contributed by atoms with Crippen molar-refractivity contribution in [2.45, 2.75) is 25.5 Å². The Bertz CT molecular complexity index is 677. The molecule has 0 heterocycles. The molecule has 1 amide bonds. The van der Waals surface area contributed by atoms with E-state index in [1.54, 1.807) is 6.07 Å². The molecule has 0 aromatic heterocycles. The maximum atomic E-state index is 12.5. The third-order valence-corrected chi connectivity index (χ3v) is 4.02. The Labute approximate surface area is 123 Å². The van der Waals surface area contributed by atoms with Crippen molar-refractivity contribution in [3.63, 3.8) is 0 Å². The molecule has 2 aromatic carbocycles. The average Bonchev–Trinajstić information content (AvgIpc) is 2.75. The number of aryl methyl sites for hydroxylation is 1. The summed E-state index contributed by atoms with van der Waals surface area (Å²) in [6, 6.07) is 12.8. The molecule has 108 valence electrons. The SMILES string of the molecule is Cc1cccc(N)c1C(=O)N[C@H]1c2ccccc2C[C@H]1O. The number of nitrogen functional groups attached to an aromatic ring is 1. The van der Waals surface area contributed by atoms with Gasteiger partial charge in [0.25, 0.3) is 5.91 Å². The number of anilines is 1. The molecule has 4 nitrogen and oxygen atoms in total. The van der Waals surface area contributed by atoms with Gasteiger partial charge in [-0.05, 0) is 29.7 Å². The van der Waals surface area contributed by atoms with Gasteiger partial charge < -0.3 is 16.2 Å². The summed E-state index contributed by atoms with van der Waals surface area (Å²) in [6.07, 6.45) is -0.0405. The smallest absolute Gasteiger partial charge is 0.254 e. The van der Waals surface area contributed by atoms with Crippen LogP contribution < -0.4 is 11.1 Å².